The number of sulfonamides is 1. The predicted molar refractivity (Wildman–Crippen MR) is 81.7 cm³/mol. The van der Waals surface area contributed by atoms with Gasteiger partial charge in [0, 0.05) is 32.2 Å². The minimum Gasteiger partial charge on any atom is -0.545 e. The standard InChI is InChI=1S/C14H28N3O2S/c1-16(2)12-8-10-17(11-9-12)14-7-5-4-6-13(14)15-20(3,18)19/h12-14H,4-11H2,1-3H3/q-1/p+1/t13-,14?/m1/s1. The number of hydrogen-bond donors (Lipinski definition) is 1. The second kappa shape index (κ2) is 6.73. The largest absolute Gasteiger partial charge is 0.545 e. The van der Waals surface area contributed by atoms with E-state index in [-0.39, 0.29) is 6.04 Å². The van der Waals surface area contributed by atoms with Crippen molar-refractivity contribution in [1.82, 2.24) is 4.90 Å². The molecule has 1 unspecified atom stereocenters. The number of quaternary nitrogens is 1. The van der Waals surface area contributed by atoms with Crippen molar-refractivity contribution >= 4 is 10.0 Å². The molecule has 1 aliphatic carbocycles. The van der Waals surface area contributed by atoms with E-state index in [0.717, 1.165) is 38.4 Å². The van der Waals surface area contributed by atoms with E-state index in [2.05, 4.69) is 23.7 Å². The lowest BCUT2D eigenvalue weighted by molar-refractivity contribution is -0.887. The summed E-state index contributed by atoms with van der Waals surface area (Å²) < 4.78 is 27.1. The average Bonchev–Trinajstić information content (AvgIpc) is 2.37. The zero-order valence-corrected chi connectivity index (χ0v) is 13.8. The van der Waals surface area contributed by atoms with Gasteiger partial charge in [-0.05, 0) is 12.5 Å². The van der Waals surface area contributed by atoms with Crippen LogP contribution in [0.15, 0.2) is 0 Å². The van der Waals surface area contributed by atoms with Gasteiger partial charge in [-0.2, -0.15) is 0 Å². The van der Waals surface area contributed by atoms with Crippen LogP contribution in [0.25, 0.3) is 4.72 Å². The Morgan fingerprint density at radius 1 is 1.05 bits per heavy atom. The first kappa shape index (κ1) is 16.2. The van der Waals surface area contributed by atoms with Crippen LogP contribution in [0.5, 0.6) is 0 Å². The number of piperidine rings is 1. The SMILES string of the molecule is C[NH+](C)C1CCN(C2CCCC[C@H]2[N-]S(C)(=O)=O)CC1. The third-order valence-electron chi connectivity index (χ3n) is 4.84. The molecule has 1 saturated heterocycles. The summed E-state index contributed by atoms with van der Waals surface area (Å²) in [5.74, 6) is 0. The van der Waals surface area contributed by atoms with E-state index < -0.39 is 10.0 Å². The molecule has 2 aliphatic rings. The molecule has 2 fully saturated rings. The molecule has 2 rings (SSSR count). The van der Waals surface area contributed by atoms with Crippen LogP contribution in [0.3, 0.4) is 0 Å². The van der Waals surface area contributed by atoms with Gasteiger partial charge < -0.3 is 14.5 Å². The maximum Gasteiger partial charge on any atom is 0.0895 e. The zero-order chi connectivity index (χ0) is 14.8. The van der Waals surface area contributed by atoms with Crippen LogP contribution in [-0.2, 0) is 10.0 Å². The van der Waals surface area contributed by atoms with Crippen LogP contribution >= 0.6 is 0 Å². The van der Waals surface area contributed by atoms with Crippen LogP contribution in [0.4, 0.5) is 0 Å². The van der Waals surface area contributed by atoms with Gasteiger partial charge in [0.2, 0.25) is 0 Å². The Morgan fingerprint density at radius 3 is 2.20 bits per heavy atom. The smallest absolute Gasteiger partial charge is 0.0895 e. The highest BCUT2D eigenvalue weighted by molar-refractivity contribution is 7.93. The van der Waals surface area contributed by atoms with Gasteiger partial charge in [0.25, 0.3) is 0 Å². The molecule has 1 N–H and O–H groups in total. The summed E-state index contributed by atoms with van der Waals surface area (Å²) in [5.41, 5.74) is 0. The van der Waals surface area contributed by atoms with Gasteiger partial charge in [-0.25, -0.2) is 8.42 Å². The molecule has 6 heteroatoms. The molecular weight excluding hydrogens is 274 g/mol. The zero-order valence-electron chi connectivity index (χ0n) is 13.0. The molecule has 0 radical (unpaired) electrons. The first-order valence-electron chi connectivity index (χ1n) is 7.83. The van der Waals surface area contributed by atoms with Gasteiger partial charge >= 0.3 is 0 Å². The molecule has 1 saturated carbocycles. The Labute approximate surface area is 123 Å². The first-order chi connectivity index (χ1) is 9.37. The molecule has 0 bridgehead atoms. The van der Waals surface area contributed by atoms with Crippen molar-refractivity contribution < 1.29 is 13.3 Å². The lowest BCUT2D eigenvalue weighted by Crippen LogP contribution is -3.10. The molecule has 2 atom stereocenters. The lowest BCUT2D eigenvalue weighted by Gasteiger charge is -2.48. The predicted octanol–water partition coefficient (Wildman–Crippen LogP) is 0.240. The summed E-state index contributed by atoms with van der Waals surface area (Å²) in [4.78, 5) is 4.03. The van der Waals surface area contributed by atoms with E-state index in [1.807, 2.05) is 0 Å². The third kappa shape index (κ3) is 4.41. The van der Waals surface area contributed by atoms with E-state index in [0.29, 0.717) is 6.04 Å². The highest BCUT2D eigenvalue weighted by atomic mass is 32.2. The van der Waals surface area contributed by atoms with Crippen molar-refractivity contribution in [2.45, 2.75) is 56.7 Å². The molecule has 0 aromatic rings. The maximum absolute atomic E-state index is 11.5. The van der Waals surface area contributed by atoms with Gasteiger partial charge in [-0.15, -0.1) is 6.04 Å². The highest BCUT2D eigenvalue weighted by Crippen LogP contribution is 2.31. The van der Waals surface area contributed by atoms with Gasteiger partial charge in [0.1, 0.15) is 0 Å². The quantitative estimate of drug-likeness (QED) is 0.809. The summed E-state index contributed by atoms with van der Waals surface area (Å²) in [7, 11) is 1.22. The molecule has 1 aliphatic heterocycles. The number of likely N-dealkylation sites (tertiary alicyclic amines) is 1. The van der Waals surface area contributed by atoms with Gasteiger partial charge in [0.15, 0.2) is 0 Å². The van der Waals surface area contributed by atoms with Crippen LogP contribution in [0.2, 0.25) is 0 Å². The molecule has 1 heterocycles. The van der Waals surface area contributed by atoms with Crippen molar-refractivity contribution in [2.24, 2.45) is 0 Å². The Hall–Kier alpha value is -0.170. The molecule has 0 amide bonds. The monoisotopic (exact) mass is 303 g/mol. The third-order valence-corrected chi connectivity index (χ3v) is 5.49. The number of nitrogens with one attached hydrogen (secondary N) is 1. The van der Waals surface area contributed by atoms with E-state index in [1.165, 1.54) is 30.4 Å². The van der Waals surface area contributed by atoms with E-state index >= 15 is 0 Å². The molecule has 0 aromatic heterocycles. The Bertz CT molecular complexity index is 403. The second-order valence-corrected chi connectivity index (χ2v) is 8.32. The Balaban J connectivity index is 1.95. The van der Waals surface area contributed by atoms with Crippen molar-refractivity contribution in [2.75, 3.05) is 33.4 Å². The lowest BCUT2D eigenvalue weighted by atomic mass is 9.88. The topological polar surface area (TPSA) is 55.9 Å². The maximum atomic E-state index is 11.5. The number of rotatable bonds is 4. The average molecular weight is 303 g/mol. The Morgan fingerprint density at radius 2 is 1.65 bits per heavy atom. The van der Waals surface area contributed by atoms with Crippen molar-refractivity contribution in [3.63, 3.8) is 0 Å². The molecule has 20 heavy (non-hydrogen) atoms. The van der Waals surface area contributed by atoms with Gasteiger partial charge in [-0.3, -0.25) is 0 Å². The minimum absolute atomic E-state index is 0.0120. The minimum atomic E-state index is -3.23. The highest BCUT2D eigenvalue weighted by Gasteiger charge is 2.30. The summed E-state index contributed by atoms with van der Waals surface area (Å²) in [5, 5.41) is 0. The summed E-state index contributed by atoms with van der Waals surface area (Å²) in [6, 6.07) is 1.08. The summed E-state index contributed by atoms with van der Waals surface area (Å²) >= 11 is 0. The van der Waals surface area contributed by atoms with E-state index in [9.17, 15) is 8.42 Å². The summed E-state index contributed by atoms with van der Waals surface area (Å²) in [6.45, 7) is 2.19. The van der Waals surface area contributed by atoms with Gasteiger partial charge in [0.05, 0.1) is 30.2 Å². The normalized spacial score (nSPS) is 30.8. The van der Waals surface area contributed by atoms with Crippen molar-refractivity contribution in [3.8, 4) is 0 Å². The number of hydrogen-bond acceptors (Lipinski definition) is 3. The van der Waals surface area contributed by atoms with Gasteiger partial charge in [-0.1, -0.05) is 19.3 Å². The van der Waals surface area contributed by atoms with Crippen LogP contribution in [0, 0.1) is 0 Å². The van der Waals surface area contributed by atoms with Crippen molar-refractivity contribution in [1.29, 1.82) is 0 Å². The van der Waals surface area contributed by atoms with Crippen LogP contribution < -0.4 is 4.90 Å². The van der Waals surface area contributed by atoms with E-state index in [4.69, 9.17) is 0 Å². The first-order valence-corrected chi connectivity index (χ1v) is 9.68. The molecule has 0 spiro atoms. The second-order valence-electron chi connectivity index (χ2n) is 6.65. The number of nitrogens with zero attached hydrogens (tertiary/aromatic N) is 2. The Kier molecular flexibility index (Phi) is 5.45. The fourth-order valence-electron chi connectivity index (χ4n) is 3.70. The summed E-state index contributed by atoms with van der Waals surface area (Å²) in [6.07, 6.45) is 7.99. The van der Waals surface area contributed by atoms with Crippen LogP contribution in [-0.4, -0.2) is 64.9 Å². The molecule has 5 nitrogen and oxygen atoms in total. The molecule has 118 valence electrons. The molecule has 0 aromatic carbocycles. The van der Waals surface area contributed by atoms with Crippen LogP contribution in [0.1, 0.15) is 38.5 Å². The molecular formula is C14H29N3O2S. The van der Waals surface area contributed by atoms with E-state index in [1.54, 1.807) is 0 Å². The fraction of sp³-hybridized carbons (Fsp3) is 1.00. The van der Waals surface area contributed by atoms with Crippen molar-refractivity contribution in [3.05, 3.63) is 4.72 Å². The fourth-order valence-corrected chi connectivity index (χ4v) is 4.43.